The predicted octanol–water partition coefficient (Wildman–Crippen LogP) is 3.15. The van der Waals surface area contributed by atoms with Gasteiger partial charge in [-0.25, -0.2) is 0 Å². The summed E-state index contributed by atoms with van der Waals surface area (Å²) >= 11 is 3.44. The van der Waals surface area contributed by atoms with Crippen LogP contribution in [0.4, 0.5) is 0 Å². The molecule has 1 atom stereocenters. The molecule has 1 unspecified atom stereocenters. The third-order valence-electron chi connectivity index (χ3n) is 4.17. The molecule has 1 aliphatic heterocycles. The lowest BCUT2D eigenvalue weighted by molar-refractivity contribution is -0.132. The second-order valence-electron chi connectivity index (χ2n) is 5.64. The average molecular weight is 339 g/mol. The maximum Gasteiger partial charge on any atom is 0.223 e. The summed E-state index contributed by atoms with van der Waals surface area (Å²) in [4.78, 5) is 14.3. The van der Waals surface area contributed by atoms with E-state index in [1.165, 1.54) is 5.56 Å². The Morgan fingerprint density at radius 1 is 1.35 bits per heavy atom. The molecule has 1 fully saturated rings. The number of benzene rings is 1. The van der Waals surface area contributed by atoms with Crippen LogP contribution < -0.4 is 5.32 Å². The van der Waals surface area contributed by atoms with E-state index in [4.69, 9.17) is 0 Å². The van der Waals surface area contributed by atoms with Crippen molar-refractivity contribution in [3.05, 3.63) is 34.3 Å². The van der Waals surface area contributed by atoms with E-state index in [1.54, 1.807) is 0 Å². The van der Waals surface area contributed by atoms with Crippen LogP contribution in [0, 0.1) is 0 Å². The Hall–Kier alpha value is -0.870. The monoisotopic (exact) mass is 338 g/mol. The van der Waals surface area contributed by atoms with E-state index in [1.807, 2.05) is 24.1 Å². The normalized spacial score (nSPS) is 17.8. The van der Waals surface area contributed by atoms with E-state index in [9.17, 15) is 4.79 Å². The van der Waals surface area contributed by atoms with E-state index in [-0.39, 0.29) is 11.8 Å². The molecular formula is C16H23BrN2O. The molecule has 110 valence electrons. The smallest absolute Gasteiger partial charge is 0.223 e. The van der Waals surface area contributed by atoms with Gasteiger partial charge in [-0.2, -0.15) is 0 Å². The van der Waals surface area contributed by atoms with Crippen molar-refractivity contribution >= 4 is 21.8 Å². The van der Waals surface area contributed by atoms with Crippen LogP contribution in [0.2, 0.25) is 0 Å². The minimum Gasteiger partial charge on any atom is -0.343 e. The van der Waals surface area contributed by atoms with Gasteiger partial charge in [-0.1, -0.05) is 35.0 Å². The first-order valence-electron chi connectivity index (χ1n) is 7.29. The second kappa shape index (κ2) is 7.23. The minimum atomic E-state index is 0.257. The molecule has 0 aromatic heterocycles. The molecule has 0 bridgehead atoms. The van der Waals surface area contributed by atoms with Gasteiger partial charge in [-0.05, 0) is 49.5 Å². The fourth-order valence-corrected chi connectivity index (χ4v) is 2.98. The van der Waals surface area contributed by atoms with Crippen molar-refractivity contribution in [3.63, 3.8) is 0 Å². The quantitative estimate of drug-likeness (QED) is 0.914. The molecule has 0 aliphatic carbocycles. The second-order valence-corrected chi connectivity index (χ2v) is 6.56. The highest BCUT2D eigenvalue weighted by molar-refractivity contribution is 9.10. The van der Waals surface area contributed by atoms with Crippen LogP contribution in [0.1, 0.15) is 37.7 Å². The Morgan fingerprint density at radius 3 is 2.55 bits per heavy atom. The van der Waals surface area contributed by atoms with Gasteiger partial charge in [-0.3, -0.25) is 4.79 Å². The number of hydrogen-bond acceptors (Lipinski definition) is 2. The Labute approximate surface area is 129 Å². The van der Waals surface area contributed by atoms with Crippen molar-refractivity contribution in [2.24, 2.45) is 0 Å². The first-order valence-corrected chi connectivity index (χ1v) is 8.09. The van der Waals surface area contributed by atoms with Gasteiger partial charge < -0.3 is 10.2 Å². The highest BCUT2D eigenvalue weighted by Crippen LogP contribution is 2.23. The maximum absolute atomic E-state index is 12.4. The van der Waals surface area contributed by atoms with Crippen molar-refractivity contribution in [3.8, 4) is 0 Å². The van der Waals surface area contributed by atoms with Crippen molar-refractivity contribution < 1.29 is 4.79 Å². The first kappa shape index (κ1) is 15.5. The summed E-state index contributed by atoms with van der Waals surface area (Å²) in [5.74, 6) is 0.520. The maximum atomic E-state index is 12.4. The number of nitrogens with zero attached hydrogens (tertiary/aromatic N) is 1. The number of carbonyl (C=O) groups excluding carboxylic acids is 1. The highest BCUT2D eigenvalue weighted by Gasteiger charge is 2.23. The van der Waals surface area contributed by atoms with Gasteiger partial charge in [0, 0.05) is 24.0 Å². The van der Waals surface area contributed by atoms with Crippen LogP contribution in [0.3, 0.4) is 0 Å². The third-order valence-corrected chi connectivity index (χ3v) is 4.70. The number of hydrogen-bond donors (Lipinski definition) is 1. The number of piperidine rings is 1. The lowest BCUT2D eigenvalue weighted by Crippen LogP contribution is -2.44. The van der Waals surface area contributed by atoms with Crippen LogP contribution in [-0.4, -0.2) is 37.0 Å². The molecule has 1 N–H and O–H groups in total. The van der Waals surface area contributed by atoms with Crippen LogP contribution >= 0.6 is 15.9 Å². The van der Waals surface area contributed by atoms with Gasteiger partial charge in [0.15, 0.2) is 0 Å². The Bertz CT molecular complexity index is 440. The SMILES string of the molecule is CC(CC(=O)N(C)C1CCNCC1)c1ccc(Br)cc1. The van der Waals surface area contributed by atoms with E-state index in [0.717, 1.165) is 30.4 Å². The van der Waals surface area contributed by atoms with Crippen LogP contribution in [-0.2, 0) is 4.79 Å². The van der Waals surface area contributed by atoms with E-state index >= 15 is 0 Å². The summed E-state index contributed by atoms with van der Waals surface area (Å²) < 4.78 is 1.08. The summed E-state index contributed by atoms with van der Waals surface area (Å²) in [6.07, 6.45) is 2.71. The predicted molar refractivity (Wildman–Crippen MR) is 85.8 cm³/mol. The molecule has 3 nitrogen and oxygen atoms in total. The van der Waals surface area contributed by atoms with Crippen molar-refractivity contribution in [1.29, 1.82) is 0 Å². The van der Waals surface area contributed by atoms with Gasteiger partial charge >= 0.3 is 0 Å². The Kier molecular flexibility index (Phi) is 5.61. The summed E-state index contributed by atoms with van der Waals surface area (Å²) in [6, 6.07) is 8.65. The largest absolute Gasteiger partial charge is 0.343 e. The lowest BCUT2D eigenvalue weighted by Gasteiger charge is -2.32. The summed E-state index contributed by atoms with van der Waals surface area (Å²) in [6.45, 7) is 4.16. The zero-order chi connectivity index (χ0) is 14.5. The number of halogens is 1. The van der Waals surface area contributed by atoms with Crippen LogP contribution in [0.5, 0.6) is 0 Å². The van der Waals surface area contributed by atoms with Crippen molar-refractivity contribution in [2.45, 2.75) is 38.1 Å². The lowest BCUT2D eigenvalue weighted by atomic mass is 9.96. The minimum absolute atomic E-state index is 0.257. The summed E-state index contributed by atoms with van der Waals surface area (Å²) in [7, 11) is 1.95. The molecule has 1 aromatic carbocycles. The molecule has 2 rings (SSSR count). The number of rotatable bonds is 4. The van der Waals surface area contributed by atoms with Crippen molar-refractivity contribution in [1.82, 2.24) is 10.2 Å². The Balaban J connectivity index is 1.91. The number of nitrogens with one attached hydrogen (secondary N) is 1. The zero-order valence-electron chi connectivity index (χ0n) is 12.2. The molecule has 0 saturated carbocycles. The van der Waals surface area contributed by atoms with Crippen molar-refractivity contribution in [2.75, 3.05) is 20.1 Å². The molecular weight excluding hydrogens is 316 g/mol. The molecule has 4 heteroatoms. The summed E-state index contributed by atoms with van der Waals surface area (Å²) in [5, 5.41) is 3.34. The van der Waals surface area contributed by atoms with Gasteiger partial charge in [0.05, 0.1) is 0 Å². The fourth-order valence-electron chi connectivity index (χ4n) is 2.71. The molecule has 1 saturated heterocycles. The van der Waals surface area contributed by atoms with Crippen LogP contribution in [0.25, 0.3) is 0 Å². The first-order chi connectivity index (χ1) is 9.58. The molecule has 0 radical (unpaired) electrons. The molecule has 1 amide bonds. The molecule has 1 aliphatic rings. The van der Waals surface area contributed by atoms with Gasteiger partial charge in [0.2, 0.25) is 5.91 Å². The molecule has 0 spiro atoms. The molecule has 20 heavy (non-hydrogen) atoms. The molecule has 1 heterocycles. The van der Waals surface area contributed by atoms with E-state index < -0.39 is 0 Å². The van der Waals surface area contributed by atoms with Gasteiger partial charge in [0.1, 0.15) is 0 Å². The van der Waals surface area contributed by atoms with Crippen LogP contribution in [0.15, 0.2) is 28.7 Å². The zero-order valence-corrected chi connectivity index (χ0v) is 13.8. The molecule has 1 aromatic rings. The van der Waals surface area contributed by atoms with E-state index in [2.05, 4.69) is 40.3 Å². The standard InChI is InChI=1S/C16H23BrN2O/c1-12(13-3-5-14(17)6-4-13)11-16(20)19(2)15-7-9-18-10-8-15/h3-6,12,15,18H,7-11H2,1-2H3. The van der Waals surface area contributed by atoms with Gasteiger partial charge in [0.25, 0.3) is 0 Å². The average Bonchev–Trinajstić information content (AvgIpc) is 2.48. The Morgan fingerprint density at radius 2 is 1.95 bits per heavy atom. The topological polar surface area (TPSA) is 32.3 Å². The summed E-state index contributed by atoms with van der Waals surface area (Å²) in [5.41, 5.74) is 1.22. The number of carbonyl (C=O) groups is 1. The van der Waals surface area contributed by atoms with E-state index in [0.29, 0.717) is 12.5 Å². The fraction of sp³-hybridized carbons (Fsp3) is 0.562. The number of amides is 1. The van der Waals surface area contributed by atoms with Gasteiger partial charge in [-0.15, -0.1) is 0 Å². The third kappa shape index (κ3) is 4.06. The highest BCUT2D eigenvalue weighted by atomic mass is 79.9.